The Morgan fingerprint density at radius 2 is 2.31 bits per heavy atom. The lowest BCUT2D eigenvalue weighted by atomic mass is 10.2. The highest BCUT2D eigenvalue weighted by atomic mass is 19.3. The standard InChI is InChI=1S/C7H12F2N2O2/c8-7(9)1-5(3-12)11(4-7)2-6(10)13/h5,12H,1-4H2,(H2,10,13). The lowest BCUT2D eigenvalue weighted by Gasteiger charge is -2.19. The van der Waals surface area contributed by atoms with Gasteiger partial charge in [-0.15, -0.1) is 0 Å². The Balaban J connectivity index is 2.58. The van der Waals surface area contributed by atoms with E-state index in [9.17, 15) is 13.6 Å². The van der Waals surface area contributed by atoms with Gasteiger partial charge >= 0.3 is 0 Å². The van der Waals surface area contributed by atoms with Crippen LogP contribution in [0.1, 0.15) is 6.42 Å². The number of primary amides is 1. The van der Waals surface area contributed by atoms with Crippen LogP contribution in [0.3, 0.4) is 0 Å². The number of halogens is 2. The van der Waals surface area contributed by atoms with Gasteiger partial charge in [0.2, 0.25) is 5.91 Å². The van der Waals surface area contributed by atoms with E-state index in [0.717, 1.165) is 0 Å². The summed E-state index contributed by atoms with van der Waals surface area (Å²) in [5.74, 6) is -3.47. The Labute approximate surface area is 74.3 Å². The molecule has 1 heterocycles. The van der Waals surface area contributed by atoms with Crippen molar-refractivity contribution in [2.75, 3.05) is 19.7 Å². The molecule has 1 fully saturated rings. The normalized spacial score (nSPS) is 27.8. The molecule has 1 saturated heterocycles. The number of carbonyl (C=O) groups excluding carboxylic acids is 1. The maximum Gasteiger partial charge on any atom is 0.262 e. The van der Waals surface area contributed by atoms with Crippen LogP contribution >= 0.6 is 0 Å². The van der Waals surface area contributed by atoms with Crippen LogP contribution in [0.2, 0.25) is 0 Å². The van der Waals surface area contributed by atoms with Gasteiger partial charge in [0.25, 0.3) is 5.92 Å². The highest BCUT2D eigenvalue weighted by molar-refractivity contribution is 5.76. The zero-order valence-corrected chi connectivity index (χ0v) is 7.04. The van der Waals surface area contributed by atoms with Crippen molar-refractivity contribution >= 4 is 5.91 Å². The number of nitrogens with zero attached hydrogens (tertiary/aromatic N) is 1. The second-order valence-electron chi connectivity index (χ2n) is 3.27. The van der Waals surface area contributed by atoms with E-state index in [0.29, 0.717) is 0 Å². The van der Waals surface area contributed by atoms with Gasteiger partial charge in [-0.25, -0.2) is 8.78 Å². The number of amides is 1. The fourth-order valence-corrected chi connectivity index (χ4v) is 1.53. The van der Waals surface area contributed by atoms with E-state index in [4.69, 9.17) is 10.8 Å². The predicted molar refractivity (Wildman–Crippen MR) is 41.2 cm³/mol. The average molecular weight is 194 g/mol. The lowest BCUT2D eigenvalue weighted by Crippen LogP contribution is -2.39. The molecule has 0 saturated carbocycles. The molecule has 0 aliphatic carbocycles. The van der Waals surface area contributed by atoms with Gasteiger partial charge in [-0.2, -0.15) is 0 Å². The van der Waals surface area contributed by atoms with Crippen LogP contribution in [0.25, 0.3) is 0 Å². The van der Waals surface area contributed by atoms with Crippen molar-refractivity contribution in [1.29, 1.82) is 0 Å². The van der Waals surface area contributed by atoms with Gasteiger partial charge in [-0.1, -0.05) is 0 Å². The second kappa shape index (κ2) is 3.55. The van der Waals surface area contributed by atoms with Gasteiger partial charge in [-0.3, -0.25) is 9.69 Å². The Hall–Kier alpha value is -0.750. The molecule has 6 heteroatoms. The first kappa shape index (κ1) is 10.3. The van der Waals surface area contributed by atoms with E-state index >= 15 is 0 Å². The van der Waals surface area contributed by atoms with Crippen LogP contribution < -0.4 is 5.73 Å². The third-order valence-corrected chi connectivity index (χ3v) is 2.05. The largest absolute Gasteiger partial charge is 0.395 e. The molecule has 1 aliphatic rings. The van der Waals surface area contributed by atoms with Crippen LogP contribution in [0, 0.1) is 0 Å². The molecule has 0 bridgehead atoms. The van der Waals surface area contributed by atoms with Gasteiger partial charge in [0, 0.05) is 12.5 Å². The number of likely N-dealkylation sites (tertiary alicyclic amines) is 1. The van der Waals surface area contributed by atoms with Crippen molar-refractivity contribution in [3.63, 3.8) is 0 Å². The molecule has 0 radical (unpaired) electrons. The molecule has 1 amide bonds. The van der Waals surface area contributed by atoms with Crippen molar-refractivity contribution < 1.29 is 18.7 Å². The Morgan fingerprint density at radius 1 is 1.69 bits per heavy atom. The first-order chi connectivity index (χ1) is 5.94. The van der Waals surface area contributed by atoms with E-state index < -0.39 is 30.8 Å². The molecule has 1 atom stereocenters. The van der Waals surface area contributed by atoms with Crippen molar-refractivity contribution in [2.45, 2.75) is 18.4 Å². The summed E-state index contributed by atoms with van der Waals surface area (Å²) in [4.78, 5) is 11.7. The summed E-state index contributed by atoms with van der Waals surface area (Å²) in [6.07, 6.45) is -0.406. The molecule has 0 aromatic carbocycles. The molecule has 0 aromatic heterocycles. The molecule has 1 aliphatic heterocycles. The number of alkyl halides is 2. The summed E-state index contributed by atoms with van der Waals surface area (Å²) in [6, 6.07) is -0.650. The maximum absolute atomic E-state index is 12.8. The molecule has 0 aromatic rings. The fraction of sp³-hybridized carbons (Fsp3) is 0.857. The fourth-order valence-electron chi connectivity index (χ4n) is 1.53. The van der Waals surface area contributed by atoms with Crippen LogP contribution in [-0.4, -0.2) is 47.6 Å². The zero-order chi connectivity index (χ0) is 10.1. The van der Waals surface area contributed by atoms with Crippen molar-refractivity contribution in [3.8, 4) is 0 Å². The van der Waals surface area contributed by atoms with E-state index in [1.54, 1.807) is 0 Å². The highest BCUT2D eigenvalue weighted by Crippen LogP contribution is 2.31. The quantitative estimate of drug-likeness (QED) is 0.616. The molecule has 76 valence electrons. The Kier molecular flexibility index (Phi) is 2.82. The number of hydrogen-bond donors (Lipinski definition) is 2. The molecule has 1 unspecified atom stereocenters. The molecule has 0 spiro atoms. The summed E-state index contributed by atoms with van der Waals surface area (Å²) in [5, 5.41) is 8.75. The molecule has 1 rings (SSSR count). The topological polar surface area (TPSA) is 66.6 Å². The highest BCUT2D eigenvalue weighted by Gasteiger charge is 2.44. The van der Waals surface area contributed by atoms with E-state index in [1.165, 1.54) is 4.90 Å². The van der Waals surface area contributed by atoms with Crippen molar-refractivity contribution in [1.82, 2.24) is 4.90 Å². The second-order valence-corrected chi connectivity index (χ2v) is 3.27. The van der Waals surface area contributed by atoms with Crippen LogP contribution in [0.4, 0.5) is 8.78 Å². The van der Waals surface area contributed by atoms with E-state index in [2.05, 4.69) is 0 Å². The lowest BCUT2D eigenvalue weighted by molar-refractivity contribution is -0.119. The maximum atomic E-state index is 12.8. The number of aliphatic hydroxyl groups excluding tert-OH is 1. The third kappa shape index (κ3) is 2.60. The zero-order valence-electron chi connectivity index (χ0n) is 7.04. The van der Waals surface area contributed by atoms with Crippen LogP contribution in [0.5, 0.6) is 0 Å². The SMILES string of the molecule is NC(=O)CN1CC(F)(F)CC1CO. The summed E-state index contributed by atoms with van der Waals surface area (Å²) in [6.45, 7) is -1.09. The van der Waals surface area contributed by atoms with E-state index in [-0.39, 0.29) is 13.2 Å². The van der Waals surface area contributed by atoms with Gasteiger partial charge < -0.3 is 10.8 Å². The minimum atomic E-state index is -2.82. The summed E-state index contributed by atoms with van der Waals surface area (Å²) < 4.78 is 25.6. The molecular formula is C7H12F2N2O2. The van der Waals surface area contributed by atoms with Crippen LogP contribution in [0.15, 0.2) is 0 Å². The van der Waals surface area contributed by atoms with Crippen molar-refractivity contribution in [3.05, 3.63) is 0 Å². The third-order valence-electron chi connectivity index (χ3n) is 2.05. The smallest absolute Gasteiger partial charge is 0.262 e. The summed E-state index contributed by atoms with van der Waals surface area (Å²) in [5.41, 5.74) is 4.87. The van der Waals surface area contributed by atoms with Gasteiger partial charge in [0.1, 0.15) is 0 Å². The molecule has 3 N–H and O–H groups in total. The first-order valence-electron chi connectivity index (χ1n) is 3.95. The number of carbonyl (C=O) groups is 1. The molecule has 4 nitrogen and oxygen atoms in total. The Bertz CT molecular complexity index is 211. The number of nitrogens with two attached hydrogens (primary N) is 1. The minimum Gasteiger partial charge on any atom is -0.395 e. The number of hydrogen-bond acceptors (Lipinski definition) is 3. The average Bonchev–Trinajstić information content (AvgIpc) is 2.24. The van der Waals surface area contributed by atoms with Crippen LogP contribution in [-0.2, 0) is 4.79 Å². The minimum absolute atomic E-state index is 0.221. The monoisotopic (exact) mass is 194 g/mol. The van der Waals surface area contributed by atoms with Gasteiger partial charge in [-0.05, 0) is 0 Å². The number of rotatable bonds is 3. The Morgan fingerprint density at radius 3 is 2.77 bits per heavy atom. The summed E-state index contributed by atoms with van der Waals surface area (Å²) >= 11 is 0. The summed E-state index contributed by atoms with van der Waals surface area (Å²) in [7, 11) is 0. The van der Waals surface area contributed by atoms with Gasteiger partial charge in [0.15, 0.2) is 0 Å². The first-order valence-corrected chi connectivity index (χ1v) is 3.95. The van der Waals surface area contributed by atoms with Crippen molar-refractivity contribution in [2.24, 2.45) is 5.73 Å². The van der Waals surface area contributed by atoms with Gasteiger partial charge in [0.05, 0.1) is 19.7 Å². The number of aliphatic hydroxyl groups is 1. The molecule has 13 heavy (non-hydrogen) atoms. The van der Waals surface area contributed by atoms with E-state index in [1.807, 2.05) is 0 Å². The molecular weight excluding hydrogens is 182 g/mol. The predicted octanol–water partition coefficient (Wildman–Crippen LogP) is -0.826.